The zero-order chi connectivity index (χ0) is 17.9. The van der Waals surface area contributed by atoms with Crippen LogP contribution in [0.5, 0.6) is 0 Å². The Morgan fingerprint density at radius 1 is 1.21 bits per heavy atom. The Morgan fingerprint density at radius 3 is 2.38 bits per heavy atom. The number of amides is 1. The van der Waals surface area contributed by atoms with Crippen LogP contribution in [0.1, 0.15) is 31.1 Å². The summed E-state index contributed by atoms with van der Waals surface area (Å²) in [6.45, 7) is 7.79. The molecule has 5 nitrogen and oxygen atoms in total. The zero-order valence-electron chi connectivity index (χ0n) is 14.1. The molecule has 0 spiro atoms. The quantitative estimate of drug-likeness (QED) is 0.780. The molecule has 0 N–H and O–H groups in total. The molecule has 0 unspecified atom stereocenters. The summed E-state index contributed by atoms with van der Waals surface area (Å²) in [5, 5.41) is -0.00229. The van der Waals surface area contributed by atoms with E-state index in [1.807, 2.05) is 25.7 Å². The normalized spacial score (nSPS) is 16.1. The van der Waals surface area contributed by atoms with Gasteiger partial charge in [-0.3, -0.25) is 9.69 Å². The predicted molar refractivity (Wildman–Crippen MR) is 90.0 cm³/mol. The monoisotopic (exact) mass is 356 g/mol. The van der Waals surface area contributed by atoms with Crippen molar-refractivity contribution < 1.29 is 18.7 Å². The Hall–Kier alpha value is -1.66. The lowest BCUT2D eigenvalue weighted by Gasteiger charge is -2.35. The van der Waals surface area contributed by atoms with Gasteiger partial charge < -0.3 is 9.64 Å². The maximum atomic E-state index is 13.4. The average Bonchev–Trinajstić information content (AvgIpc) is 2.49. The number of piperazine rings is 1. The van der Waals surface area contributed by atoms with Crippen molar-refractivity contribution in [1.29, 1.82) is 0 Å². The summed E-state index contributed by atoms with van der Waals surface area (Å²) in [6, 6.07) is 4.05. The molecule has 132 valence electrons. The van der Waals surface area contributed by atoms with Gasteiger partial charge in [-0.1, -0.05) is 11.6 Å². The highest BCUT2D eigenvalue weighted by Gasteiger charge is 2.26. The van der Waals surface area contributed by atoms with E-state index in [1.54, 1.807) is 4.90 Å². The lowest BCUT2D eigenvalue weighted by molar-refractivity contribution is 0.0149. The van der Waals surface area contributed by atoms with Crippen molar-refractivity contribution in [3.8, 4) is 0 Å². The van der Waals surface area contributed by atoms with Crippen LogP contribution in [0.25, 0.3) is 0 Å². The highest BCUT2D eigenvalue weighted by Crippen LogP contribution is 2.17. The molecule has 2 rings (SSSR count). The molecule has 0 radical (unpaired) electrons. The van der Waals surface area contributed by atoms with Crippen molar-refractivity contribution in [2.45, 2.75) is 26.4 Å². The smallest absolute Gasteiger partial charge is 0.410 e. The third-order valence-electron chi connectivity index (χ3n) is 3.63. The number of ether oxygens (including phenoxy) is 1. The van der Waals surface area contributed by atoms with Gasteiger partial charge >= 0.3 is 6.09 Å². The summed E-state index contributed by atoms with van der Waals surface area (Å²) in [5.41, 5.74) is -0.227. The number of ketones is 1. The molecule has 24 heavy (non-hydrogen) atoms. The van der Waals surface area contributed by atoms with Gasteiger partial charge in [0.25, 0.3) is 0 Å². The predicted octanol–water partition coefficient (Wildman–Crippen LogP) is 3.21. The van der Waals surface area contributed by atoms with E-state index in [0.29, 0.717) is 31.7 Å². The molecule has 0 aliphatic carbocycles. The van der Waals surface area contributed by atoms with Gasteiger partial charge in [0.15, 0.2) is 5.78 Å². The molecule has 1 fully saturated rings. The van der Waals surface area contributed by atoms with Gasteiger partial charge in [-0.05, 0) is 39.0 Å². The third kappa shape index (κ3) is 5.18. The molecule has 0 saturated carbocycles. The molecule has 0 aromatic heterocycles. The minimum atomic E-state index is -0.600. The molecule has 1 aliphatic heterocycles. The van der Waals surface area contributed by atoms with Crippen LogP contribution in [-0.4, -0.2) is 60.0 Å². The van der Waals surface area contributed by atoms with Gasteiger partial charge in [0.05, 0.1) is 11.6 Å². The van der Waals surface area contributed by atoms with E-state index in [-0.39, 0.29) is 23.4 Å². The maximum absolute atomic E-state index is 13.4. The number of benzene rings is 1. The van der Waals surface area contributed by atoms with Gasteiger partial charge in [-0.15, -0.1) is 0 Å². The molecule has 1 amide bonds. The lowest BCUT2D eigenvalue weighted by Crippen LogP contribution is -2.51. The molecule has 1 saturated heterocycles. The second-order valence-corrected chi connectivity index (χ2v) is 7.20. The number of hydrogen-bond acceptors (Lipinski definition) is 4. The van der Waals surface area contributed by atoms with Crippen LogP contribution in [0.2, 0.25) is 5.02 Å². The molecule has 1 heterocycles. The zero-order valence-corrected chi connectivity index (χ0v) is 14.9. The first kappa shape index (κ1) is 18.7. The first-order valence-electron chi connectivity index (χ1n) is 7.84. The summed E-state index contributed by atoms with van der Waals surface area (Å²) in [6.07, 6.45) is -0.340. The van der Waals surface area contributed by atoms with Crippen LogP contribution in [0, 0.1) is 5.82 Å². The summed E-state index contributed by atoms with van der Waals surface area (Å²) >= 11 is 5.62. The lowest BCUT2D eigenvalue weighted by atomic mass is 10.1. The summed E-state index contributed by atoms with van der Waals surface area (Å²) < 4.78 is 18.8. The molecular weight excluding hydrogens is 335 g/mol. The van der Waals surface area contributed by atoms with Crippen molar-refractivity contribution >= 4 is 23.5 Å². The second-order valence-electron chi connectivity index (χ2n) is 6.80. The van der Waals surface area contributed by atoms with Gasteiger partial charge in [0.1, 0.15) is 11.4 Å². The van der Waals surface area contributed by atoms with Crippen molar-refractivity contribution in [2.24, 2.45) is 0 Å². The van der Waals surface area contributed by atoms with Gasteiger partial charge in [-0.25, -0.2) is 9.18 Å². The fourth-order valence-corrected chi connectivity index (χ4v) is 2.50. The summed E-state index contributed by atoms with van der Waals surface area (Å²) in [7, 11) is 0. The van der Waals surface area contributed by atoms with E-state index in [2.05, 4.69) is 0 Å². The summed E-state index contributed by atoms with van der Waals surface area (Å²) in [4.78, 5) is 27.8. The number of Topliss-reactive ketones (excluding diaryl/α,β-unsaturated/α-hetero) is 1. The SMILES string of the molecule is CC(C)(C)OC(=O)N1CCN(CC(=O)c2ccc(Cl)c(F)c2)CC1. The Kier molecular flexibility index (Phi) is 5.83. The molecule has 1 aliphatic rings. The first-order chi connectivity index (χ1) is 11.2. The van der Waals surface area contributed by atoms with Gasteiger partial charge in [-0.2, -0.15) is 0 Å². The second kappa shape index (κ2) is 7.49. The largest absolute Gasteiger partial charge is 0.444 e. The standard InChI is InChI=1S/C17H22ClFN2O3/c1-17(2,3)24-16(23)21-8-6-20(7-9-21)11-15(22)12-4-5-13(18)14(19)10-12/h4-5,10H,6-9,11H2,1-3H3. The number of rotatable bonds is 3. The molecule has 1 aromatic rings. The van der Waals surface area contributed by atoms with E-state index < -0.39 is 11.4 Å². The topological polar surface area (TPSA) is 49.9 Å². The fraction of sp³-hybridized carbons (Fsp3) is 0.529. The van der Waals surface area contributed by atoms with E-state index >= 15 is 0 Å². The maximum Gasteiger partial charge on any atom is 0.410 e. The molecular formula is C17H22ClFN2O3. The number of nitrogens with zero attached hydrogens (tertiary/aromatic N) is 2. The van der Waals surface area contributed by atoms with Crippen molar-refractivity contribution in [3.05, 3.63) is 34.6 Å². The van der Waals surface area contributed by atoms with E-state index in [1.165, 1.54) is 12.1 Å². The highest BCUT2D eigenvalue weighted by atomic mass is 35.5. The minimum Gasteiger partial charge on any atom is -0.444 e. The average molecular weight is 357 g/mol. The Morgan fingerprint density at radius 2 is 1.83 bits per heavy atom. The Balaban J connectivity index is 1.85. The van der Waals surface area contributed by atoms with Crippen LogP contribution in [0.3, 0.4) is 0 Å². The third-order valence-corrected chi connectivity index (χ3v) is 3.94. The van der Waals surface area contributed by atoms with Gasteiger partial charge in [0.2, 0.25) is 0 Å². The Bertz CT molecular complexity index is 623. The number of halogens is 2. The molecule has 1 aromatic carbocycles. The number of carbonyl (C=O) groups excluding carboxylic acids is 2. The number of hydrogen-bond donors (Lipinski definition) is 0. The molecule has 0 atom stereocenters. The minimum absolute atomic E-state index is 0.00229. The van der Waals surface area contributed by atoms with Crippen LogP contribution in [0.4, 0.5) is 9.18 Å². The molecule has 7 heteroatoms. The van der Waals surface area contributed by atoms with E-state index in [4.69, 9.17) is 16.3 Å². The van der Waals surface area contributed by atoms with Crippen LogP contribution in [-0.2, 0) is 4.74 Å². The van der Waals surface area contributed by atoms with Crippen molar-refractivity contribution in [1.82, 2.24) is 9.80 Å². The van der Waals surface area contributed by atoms with Crippen molar-refractivity contribution in [3.63, 3.8) is 0 Å². The van der Waals surface area contributed by atoms with E-state index in [0.717, 1.165) is 6.07 Å². The summed E-state index contributed by atoms with van der Waals surface area (Å²) in [5.74, 6) is -0.770. The Labute approximate surface area is 146 Å². The van der Waals surface area contributed by atoms with Crippen LogP contribution < -0.4 is 0 Å². The van der Waals surface area contributed by atoms with Crippen LogP contribution in [0.15, 0.2) is 18.2 Å². The van der Waals surface area contributed by atoms with Crippen molar-refractivity contribution in [2.75, 3.05) is 32.7 Å². The number of carbonyl (C=O) groups is 2. The van der Waals surface area contributed by atoms with Gasteiger partial charge in [0, 0.05) is 31.7 Å². The van der Waals surface area contributed by atoms with E-state index in [9.17, 15) is 14.0 Å². The fourth-order valence-electron chi connectivity index (χ4n) is 2.38. The first-order valence-corrected chi connectivity index (χ1v) is 8.22. The van der Waals surface area contributed by atoms with Crippen LogP contribution >= 0.6 is 11.6 Å². The highest BCUT2D eigenvalue weighted by molar-refractivity contribution is 6.30. The molecule has 0 bridgehead atoms.